The van der Waals surface area contributed by atoms with Crippen LogP contribution in [0.25, 0.3) is 5.78 Å². The van der Waals surface area contributed by atoms with E-state index < -0.39 is 11.8 Å². The molecule has 0 aliphatic rings. The summed E-state index contributed by atoms with van der Waals surface area (Å²) in [4.78, 5) is 33.3. The van der Waals surface area contributed by atoms with Gasteiger partial charge in [0.15, 0.2) is 0 Å². The normalized spacial score (nSPS) is 10.9. The highest BCUT2D eigenvalue weighted by molar-refractivity contribution is 7.99. The first-order chi connectivity index (χ1) is 14.4. The van der Waals surface area contributed by atoms with Crippen LogP contribution < -0.4 is 10.1 Å². The highest BCUT2D eigenvalue weighted by Gasteiger charge is 2.16. The SMILES string of the molecule is CCCCc1c(C)nc2nc(SCC(=O)NC(=O)c3ccc(OC)cc3)nn2c1C. The molecule has 1 aromatic carbocycles. The molecule has 30 heavy (non-hydrogen) atoms. The summed E-state index contributed by atoms with van der Waals surface area (Å²) in [7, 11) is 1.55. The number of imide groups is 1. The number of thioether (sulfide) groups is 1. The van der Waals surface area contributed by atoms with Crippen molar-refractivity contribution < 1.29 is 14.3 Å². The third kappa shape index (κ3) is 4.96. The van der Waals surface area contributed by atoms with Crippen LogP contribution in [0.5, 0.6) is 5.75 Å². The van der Waals surface area contributed by atoms with E-state index in [4.69, 9.17) is 4.74 Å². The van der Waals surface area contributed by atoms with Gasteiger partial charge in [0.2, 0.25) is 11.1 Å². The Morgan fingerprint density at radius 2 is 1.90 bits per heavy atom. The van der Waals surface area contributed by atoms with Crippen molar-refractivity contribution in [3.05, 3.63) is 46.8 Å². The number of carbonyl (C=O) groups is 2. The number of ether oxygens (including phenoxy) is 1. The summed E-state index contributed by atoms with van der Waals surface area (Å²) in [5, 5.41) is 7.30. The molecule has 0 saturated heterocycles. The Labute approximate surface area is 179 Å². The van der Waals surface area contributed by atoms with Crippen molar-refractivity contribution in [2.24, 2.45) is 0 Å². The third-order valence-corrected chi connectivity index (χ3v) is 5.59. The minimum absolute atomic E-state index is 0.0273. The van der Waals surface area contributed by atoms with Gasteiger partial charge in [0.25, 0.3) is 11.7 Å². The van der Waals surface area contributed by atoms with E-state index >= 15 is 0 Å². The molecule has 0 saturated carbocycles. The van der Waals surface area contributed by atoms with Crippen molar-refractivity contribution in [2.75, 3.05) is 12.9 Å². The van der Waals surface area contributed by atoms with Gasteiger partial charge in [0, 0.05) is 17.0 Å². The molecule has 9 heteroatoms. The van der Waals surface area contributed by atoms with Gasteiger partial charge < -0.3 is 4.74 Å². The van der Waals surface area contributed by atoms with E-state index in [1.54, 1.807) is 35.9 Å². The van der Waals surface area contributed by atoms with E-state index in [0.29, 0.717) is 22.2 Å². The van der Waals surface area contributed by atoms with Crippen molar-refractivity contribution in [1.82, 2.24) is 24.9 Å². The fourth-order valence-electron chi connectivity index (χ4n) is 3.07. The Balaban J connectivity index is 1.64. The van der Waals surface area contributed by atoms with Gasteiger partial charge in [-0.05, 0) is 56.5 Å². The van der Waals surface area contributed by atoms with Crippen molar-refractivity contribution >= 4 is 29.4 Å². The predicted molar refractivity (Wildman–Crippen MR) is 115 cm³/mol. The summed E-state index contributed by atoms with van der Waals surface area (Å²) in [6, 6.07) is 6.54. The molecule has 2 amide bonds. The average molecular weight is 428 g/mol. The van der Waals surface area contributed by atoms with Gasteiger partial charge >= 0.3 is 0 Å². The zero-order chi connectivity index (χ0) is 21.7. The fraction of sp³-hybridized carbons (Fsp3) is 0.381. The lowest BCUT2D eigenvalue weighted by Gasteiger charge is -2.09. The molecule has 0 bridgehead atoms. The van der Waals surface area contributed by atoms with E-state index in [9.17, 15) is 9.59 Å². The molecule has 0 fully saturated rings. The van der Waals surface area contributed by atoms with Crippen LogP contribution in [-0.2, 0) is 11.2 Å². The predicted octanol–water partition coefficient (Wildman–Crippen LogP) is 3.14. The summed E-state index contributed by atoms with van der Waals surface area (Å²) >= 11 is 1.17. The summed E-state index contributed by atoms with van der Waals surface area (Å²) in [6.45, 7) is 6.15. The van der Waals surface area contributed by atoms with Crippen LogP contribution in [-0.4, -0.2) is 44.3 Å². The monoisotopic (exact) mass is 427 g/mol. The minimum atomic E-state index is -0.458. The number of unbranched alkanes of at least 4 members (excludes halogenated alkanes) is 1. The van der Waals surface area contributed by atoms with Crippen LogP contribution in [0.3, 0.4) is 0 Å². The standard InChI is InChI=1S/C21H25N5O3S/c1-5-6-7-17-13(2)22-20-24-21(25-26(20)14(17)3)30-12-18(27)23-19(28)15-8-10-16(29-4)11-9-15/h8-11H,5-7,12H2,1-4H3,(H,23,27,28). The first-order valence-corrected chi connectivity index (χ1v) is 10.7. The maximum Gasteiger partial charge on any atom is 0.257 e. The van der Waals surface area contributed by atoms with Gasteiger partial charge in [-0.3, -0.25) is 14.9 Å². The van der Waals surface area contributed by atoms with Crippen molar-refractivity contribution in [2.45, 2.75) is 45.2 Å². The molecule has 3 rings (SSSR count). The minimum Gasteiger partial charge on any atom is -0.497 e. The Hall–Kier alpha value is -2.94. The molecule has 3 aromatic rings. The van der Waals surface area contributed by atoms with Crippen LogP contribution in [0.1, 0.15) is 47.1 Å². The van der Waals surface area contributed by atoms with E-state index in [-0.39, 0.29) is 5.75 Å². The molecule has 0 unspecified atom stereocenters. The lowest BCUT2D eigenvalue weighted by atomic mass is 10.1. The summed E-state index contributed by atoms with van der Waals surface area (Å²) in [6.07, 6.45) is 3.16. The molecule has 0 atom stereocenters. The number of amides is 2. The topological polar surface area (TPSA) is 98.5 Å². The molecule has 2 aromatic heterocycles. The van der Waals surface area contributed by atoms with Crippen LogP contribution >= 0.6 is 11.8 Å². The highest BCUT2D eigenvalue weighted by atomic mass is 32.2. The second-order valence-electron chi connectivity index (χ2n) is 6.87. The third-order valence-electron chi connectivity index (χ3n) is 4.75. The Kier molecular flexibility index (Phi) is 7.04. The number of carbonyl (C=O) groups excluding carboxylic acids is 2. The maximum atomic E-state index is 12.2. The summed E-state index contributed by atoms with van der Waals surface area (Å²) in [5.41, 5.74) is 3.55. The van der Waals surface area contributed by atoms with E-state index in [1.807, 2.05) is 13.8 Å². The number of benzene rings is 1. The fourth-order valence-corrected chi connectivity index (χ4v) is 3.69. The molecule has 0 radical (unpaired) electrons. The molecule has 1 N–H and O–H groups in total. The summed E-state index contributed by atoms with van der Waals surface area (Å²) < 4.78 is 6.78. The zero-order valence-corrected chi connectivity index (χ0v) is 18.4. The number of nitrogens with one attached hydrogen (secondary N) is 1. The molecular weight excluding hydrogens is 402 g/mol. The number of hydrogen-bond donors (Lipinski definition) is 1. The molecule has 0 aliphatic carbocycles. The molecule has 8 nitrogen and oxygen atoms in total. The molecule has 2 heterocycles. The largest absolute Gasteiger partial charge is 0.497 e. The second-order valence-corrected chi connectivity index (χ2v) is 7.81. The van der Waals surface area contributed by atoms with Gasteiger partial charge in [0.05, 0.1) is 12.9 Å². The number of rotatable bonds is 8. The Morgan fingerprint density at radius 3 is 2.57 bits per heavy atom. The molecule has 158 valence electrons. The first-order valence-electron chi connectivity index (χ1n) is 9.76. The maximum absolute atomic E-state index is 12.2. The smallest absolute Gasteiger partial charge is 0.257 e. The number of methoxy groups -OCH3 is 1. The number of hydrogen-bond acceptors (Lipinski definition) is 7. The van der Waals surface area contributed by atoms with Gasteiger partial charge in [-0.15, -0.1) is 5.10 Å². The molecule has 0 aliphatic heterocycles. The van der Waals surface area contributed by atoms with Crippen LogP contribution in [0.4, 0.5) is 0 Å². The lowest BCUT2D eigenvalue weighted by molar-refractivity contribution is -0.117. The second kappa shape index (κ2) is 9.71. The van der Waals surface area contributed by atoms with Gasteiger partial charge in [-0.25, -0.2) is 9.50 Å². The quantitative estimate of drug-likeness (QED) is 0.551. The lowest BCUT2D eigenvalue weighted by Crippen LogP contribution is -2.31. The molecule has 0 spiro atoms. The highest BCUT2D eigenvalue weighted by Crippen LogP contribution is 2.19. The van der Waals surface area contributed by atoms with Crippen LogP contribution in [0.2, 0.25) is 0 Å². The number of fused-ring (bicyclic) bond motifs is 1. The number of aromatic nitrogens is 4. The van der Waals surface area contributed by atoms with Crippen molar-refractivity contribution in [1.29, 1.82) is 0 Å². The summed E-state index contributed by atoms with van der Waals surface area (Å²) in [5.74, 6) is 0.314. The van der Waals surface area contributed by atoms with Crippen LogP contribution in [0.15, 0.2) is 29.4 Å². The van der Waals surface area contributed by atoms with Crippen molar-refractivity contribution in [3.63, 3.8) is 0 Å². The van der Waals surface area contributed by atoms with Crippen LogP contribution in [0, 0.1) is 13.8 Å². The Bertz CT molecular complexity index is 1060. The van der Waals surface area contributed by atoms with Crippen molar-refractivity contribution in [3.8, 4) is 5.75 Å². The van der Waals surface area contributed by atoms with Gasteiger partial charge in [-0.2, -0.15) is 4.98 Å². The first kappa shape index (κ1) is 21.8. The average Bonchev–Trinajstić information content (AvgIpc) is 3.15. The molecular formula is C21H25N5O3S. The van der Waals surface area contributed by atoms with E-state index in [2.05, 4.69) is 27.3 Å². The number of aryl methyl sites for hydroxylation is 2. The van der Waals surface area contributed by atoms with Gasteiger partial charge in [0.1, 0.15) is 5.75 Å². The number of nitrogens with zero attached hydrogens (tertiary/aromatic N) is 4. The zero-order valence-electron chi connectivity index (χ0n) is 17.6. The van der Waals surface area contributed by atoms with E-state index in [0.717, 1.165) is 30.7 Å². The van der Waals surface area contributed by atoms with Gasteiger partial charge in [-0.1, -0.05) is 25.1 Å². The van der Waals surface area contributed by atoms with E-state index in [1.165, 1.54) is 17.3 Å². The Morgan fingerprint density at radius 1 is 1.17 bits per heavy atom.